The van der Waals surface area contributed by atoms with Crippen molar-refractivity contribution in [3.05, 3.63) is 45.9 Å². The van der Waals surface area contributed by atoms with E-state index in [1.807, 2.05) is 12.1 Å². The third-order valence-corrected chi connectivity index (χ3v) is 8.16. The number of likely N-dealkylation sites (tertiary alicyclic amines) is 1. The predicted octanol–water partition coefficient (Wildman–Crippen LogP) is 4.21. The summed E-state index contributed by atoms with van der Waals surface area (Å²) in [5.41, 5.74) is 6.50. The normalized spacial score (nSPS) is 20.1. The number of halogens is 2. The van der Waals surface area contributed by atoms with Crippen LogP contribution in [0.3, 0.4) is 0 Å². The Morgan fingerprint density at radius 1 is 1.05 bits per heavy atom. The van der Waals surface area contributed by atoms with Crippen LogP contribution < -0.4 is 10.6 Å². The molecule has 0 saturated carbocycles. The fraction of sp³-hybridized carbons (Fsp3) is 0.556. The molecule has 0 bridgehead atoms. The van der Waals surface area contributed by atoms with E-state index in [4.69, 9.17) is 33.4 Å². The number of nitrogen functional groups attached to an aromatic ring is 1. The Hall–Kier alpha value is -2.50. The van der Waals surface area contributed by atoms with Crippen molar-refractivity contribution in [1.29, 1.82) is 0 Å². The minimum atomic E-state index is -1.28. The van der Waals surface area contributed by atoms with E-state index >= 15 is 0 Å². The maximum absolute atomic E-state index is 10.1. The number of hydrogen-bond acceptors (Lipinski definition) is 10. The number of nitrogens with two attached hydrogens (primary N) is 1. The van der Waals surface area contributed by atoms with E-state index in [-0.39, 0.29) is 28.4 Å². The first-order chi connectivity index (χ1) is 18.6. The molecular weight excluding hydrogens is 539 g/mol. The molecule has 2 aromatic heterocycles. The number of rotatable bonds is 7. The number of aliphatic hydroxyl groups is 1. The molecule has 3 N–H and O–H groups in total. The van der Waals surface area contributed by atoms with Crippen LogP contribution in [0.25, 0.3) is 11.6 Å². The number of aromatic nitrogens is 4. The van der Waals surface area contributed by atoms with Gasteiger partial charge < -0.3 is 20.2 Å². The maximum Gasteiger partial charge on any atom is 0.270 e. The van der Waals surface area contributed by atoms with Crippen LogP contribution in [0.1, 0.15) is 51.5 Å². The van der Waals surface area contributed by atoms with Gasteiger partial charge in [-0.15, -0.1) is 10.2 Å². The Morgan fingerprint density at radius 3 is 2.41 bits per heavy atom. The Balaban J connectivity index is 1.22. The molecule has 210 valence electrons. The van der Waals surface area contributed by atoms with Crippen LogP contribution >= 0.6 is 23.2 Å². The fourth-order valence-electron chi connectivity index (χ4n) is 5.51. The zero-order chi connectivity index (χ0) is 27.7. The molecule has 39 heavy (non-hydrogen) atoms. The maximum atomic E-state index is 10.1. The number of hydrogen-bond donors (Lipinski definition) is 2. The summed E-state index contributed by atoms with van der Waals surface area (Å²) in [5.74, 6) is 0.862. The average molecular weight is 576 g/mol. The van der Waals surface area contributed by atoms with Gasteiger partial charge in [0, 0.05) is 43.3 Å². The van der Waals surface area contributed by atoms with Crippen LogP contribution in [-0.2, 0) is 12.1 Å². The molecule has 4 heterocycles. The molecule has 1 atom stereocenters. The lowest BCUT2D eigenvalue weighted by Crippen LogP contribution is -2.58. The number of nitrogens with zero attached hydrogens (tertiary/aromatic N) is 7. The quantitative estimate of drug-likeness (QED) is 0.424. The Morgan fingerprint density at radius 2 is 1.77 bits per heavy atom. The summed E-state index contributed by atoms with van der Waals surface area (Å²) in [6, 6.07) is 9.11. The molecule has 0 amide bonds. The predicted molar refractivity (Wildman–Crippen MR) is 153 cm³/mol. The molecule has 0 aliphatic carbocycles. The van der Waals surface area contributed by atoms with Gasteiger partial charge in [0.15, 0.2) is 22.5 Å². The van der Waals surface area contributed by atoms with Gasteiger partial charge in [0.1, 0.15) is 5.60 Å². The number of piperazine rings is 1. The monoisotopic (exact) mass is 574 g/mol. The zero-order valence-electron chi connectivity index (χ0n) is 22.6. The standard InChI is InChI=1S/C27H36Cl2N8O2/c1-4-19-16-36(24-22(29)31-21(23(30)32-24)25-33-34-26(39-25)27(2,3)38)13-14-37(19)20-9-11-35(12-10-20)15-17-5-7-18(28)8-6-17/h5-8,19-20,38H,4,9-16H2,1-3H3,(H2,30,32)/t19-/m0/s1. The van der Waals surface area contributed by atoms with E-state index < -0.39 is 5.60 Å². The summed E-state index contributed by atoms with van der Waals surface area (Å²) in [6.45, 7) is 11.0. The topological polar surface area (TPSA) is 121 Å². The second kappa shape index (κ2) is 11.5. The molecule has 0 spiro atoms. The average Bonchev–Trinajstić information content (AvgIpc) is 3.42. The Bertz CT molecular complexity index is 1270. The highest BCUT2D eigenvalue weighted by atomic mass is 35.5. The Labute approximate surface area is 239 Å². The molecule has 2 saturated heterocycles. The van der Waals surface area contributed by atoms with Gasteiger partial charge in [-0.05, 0) is 63.9 Å². The van der Waals surface area contributed by atoms with Crippen molar-refractivity contribution in [3.8, 4) is 11.6 Å². The van der Waals surface area contributed by atoms with E-state index in [9.17, 15) is 5.11 Å². The van der Waals surface area contributed by atoms with E-state index in [2.05, 4.69) is 53.9 Å². The lowest BCUT2D eigenvalue weighted by Gasteiger charge is -2.47. The van der Waals surface area contributed by atoms with Gasteiger partial charge in [-0.2, -0.15) is 0 Å². The molecule has 12 heteroatoms. The van der Waals surface area contributed by atoms with Gasteiger partial charge in [-0.1, -0.05) is 42.3 Å². The summed E-state index contributed by atoms with van der Waals surface area (Å²) < 4.78 is 5.57. The second-order valence-electron chi connectivity index (χ2n) is 10.9. The van der Waals surface area contributed by atoms with Gasteiger partial charge in [0.25, 0.3) is 5.89 Å². The van der Waals surface area contributed by atoms with Crippen LogP contribution in [0.15, 0.2) is 28.7 Å². The number of piperidine rings is 1. The lowest BCUT2D eigenvalue weighted by molar-refractivity contribution is 0.0487. The highest BCUT2D eigenvalue weighted by Gasteiger charge is 2.35. The zero-order valence-corrected chi connectivity index (χ0v) is 24.2. The number of anilines is 2. The molecule has 1 aromatic carbocycles. The van der Waals surface area contributed by atoms with E-state index in [1.54, 1.807) is 13.8 Å². The summed E-state index contributed by atoms with van der Waals surface area (Å²) >= 11 is 12.7. The van der Waals surface area contributed by atoms with Crippen molar-refractivity contribution in [2.45, 2.75) is 64.3 Å². The molecule has 2 aliphatic rings. The lowest BCUT2D eigenvalue weighted by atomic mass is 9.98. The van der Waals surface area contributed by atoms with Gasteiger partial charge in [0.05, 0.1) is 0 Å². The van der Waals surface area contributed by atoms with Crippen LogP contribution in [-0.4, -0.2) is 79.9 Å². The molecular formula is C27H36Cl2N8O2. The van der Waals surface area contributed by atoms with Crippen molar-refractivity contribution < 1.29 is 9.52 Å². The largest absolute Gasteiger partial charge is 0.416 e. The van der Waals surface area contributed by atoms with Crippen LogP contribution in [0, 0.1) is 0 Å². The van der Waals surface area contributed by atoms with E-state index in [0.717, 1.165) is 63.6 Å². The molecule has 3 aromatic rings. The first-order valence-electron chi connectivity index (χ1n) is 13.5. The first kappa shape index (κ1) is 28.0. The van der Waals surface area contributed by atoms with Gasteiger partial charge in [-0.25, -0.2) is 9.97 Å². The van der Waals surface area contributed by atoms with Crippen LogP contribution in [0.4, 0.5) is 11.6 Å². The smallest absolute Gasteiger partial charge is 0.270 e. The summed E-state index contributed by atoms with van der Waals surface area (Å²) in [7, 11) is 0. The molecule has 10 nitrogen and oxygen atoms in total. The molecule has 0 radical (unpaired) electrons. The molecule has 5 rings (SSSR count). The molecule has 2 fully saturated rings. The first-order valence-corrected chi connectivity index (χ1v) is 14.2. The van der Waals surface area contributed by atoms with Crippen molar-refractivity contribution in [1.82, 2.24) is 30.0 Å². The SMILES string of the molecule is CC[C@H]1CN(c2nc(N)c(-c3nnc(C(C)(C)O)o3)nc2Cl)CCN1C1CCN(Cc2ccc(Cl)cc2)CC1. The van der Waals surface area contributed by atoms with Gasteiger partial charge in [-0.3, -0.25) is 9.80 Å². The van der Waals surface area contributed by atoms with Crippen molar-refractivity contribution in [2.75, 3.05) is 43.4 Å². The van der Waals surface area contributed by atoms with Crippen LogP contribution in [0.2, 0.25) is 10.2 Å². The summed E-state index contributed by atoms with van der Waals surface area (Å²) in [4.78, 5) is 16.4. The van der Waals surface area contributed by atoms with E-state index in [1.165, 1.54) is 5.56 Å². The summed E-state index contributed by atoms with van der Waals surface area (Å²) in [5, 5.41) is 19.0. The molecule has 0 unspecified atom stereocenters. The van der Waals surface area contributed by atoms with Crippen LogP contribution in [0.5, 0.6) is 0 Å². The van der Waals surface area contributed by atoms with Crippen molar-refractivity contribution >= 4 is 34.8 Å². The van der Waals surface area contributed by atoms with Gasteiger partial charge >= 0.3 is 0 Å². The Kier molecular flexibility index (Phi) is 8.30. The second-order valence-corrected chi connectivity index (χ2v) is 11.7. The third-order valence-electron chi connectivity index (χ3n) is 7.66. The van der Waals surface area contributed by atoms with Crippen molar-refractivity contribution in [2.24, 2.45) is 0 Å². The summed E-state index contributed by atoms with van der Waals surface area (Å²) in [6.07, 6.45) is 3.34. The highest BCUT2D eigenvalue weighted by Crippen LogP contribution is 2.33. The number of benzene rings is 1. The minimum Gasteiger partial charge on any atom is -0.416 e. The minimum absolute atomic E-state index is 0.0663. The highest BCUT2D eigenvalue weighted by molar-refractivity contribution is 6.32. The van der Waals surface area contributed by atoms with Gasteiger partial charge in [0.2, 0.25) is 5.89 Å². The molecule has 2 aliphatic heterocycles. The van der Waals surface area contributed by atoms with E-state index in [0.29, 0.717) is 17.9 Å². The third kappa shape index (κ3) is 6.30. The fourth-order valence-corrected chi connectivity index (χ4v) is 5.88. The van der Waals surface area contributed by atoms with Crippen molar-refractivity contribution in [3.63, 3.8) is 0 Å².